The zero-order chi connectivity index (χ0) is 11.5. The van der Waals surface area contributed by atoms with Crippen LogP contribution in [0.1, 0.15) is 19.3 Å². The number of halogens is 1. The predicted molar refractivity (Wildman–Crippen MR) is 63.0 cm³/mol. The van der Waals surface area contributed by atoms with Gasteiger partial charge in [0.2, 0.25) is 0 Å². The highest BCUT2D eigenvalue weighted by atomic mass is 35.5. The first-order valence-electron chi connectivity index (χ1n) is 6.00. The van der Waals surface area contributed by atoms with Crippen LogP contribution in [0.25, 0.3) is 0 Å². The summed E-state index contributed by atoms with van der Waals surface area (Å²) in [6.07, 6.45) is 2.59. The van der Waals surface area contributed by atoms with Crippen LogP contribution in [0.4, 0.5) is 4.79 Å². The number of carboxylic acid groups (broad SMARTS) is 1. The summed E-state index contributed by atoms with van der Waals surface area (Å²) in [5.41, 5.74) is 0. The van der Waals surface area contributed by atoms with E-state index in [2.05, 4.69) is 4.90 Å². The van der Waals surface area contributed by atoms with Crippen molar-refractivity contribution in [2.24, 2.45) is 5.92 Å². The lowest BCUT2D eigenvalue weighted by Gasteiger charge is -2.36. The Balaban J connectivity index is 1.94. The number of fused-ring (bicyclic) bond motifs is 1. The predicted octanol–water partition coefficient (Wildman–Crippen LogP) is 1.69. The van der Waals surface area contributed by atoms with Gasteiger partial charge < -0.3 is 10.0 Å². The van der Waals surface area contributed by atoms with Crippen LogP contribution in [0.3, 0.4) is 0 Å². The molecule has 4 nitrogen and oxygen atoms in total. The van der Waals surface area contributed by atoms with Crippen molar-refractivity contribution >= 4 is 17.7 Å². The summed E-state index contributed by atoms with van der Waals surface area (Å²) < 4.78 is 0. The molecule has 1 amide bonds. The molecule has 1 N–H and O–H groups in total. The Morgan fingerprint density at radius 1 is 1.44 bits per heavy atom. The van der Waals surface area contributed by atoms with Crippen LogP contribution < -0.4 is 0 Å². The number of piperidine rings is 1. The van der Waals surface area contributed by atoms with Crippen LogP contribution in [0, 0.1) is 5.92 Å². The number of alkyl halides is 1. The highest BCUT2D eigenvalue weighted by Gasteiger charge is 2.40. The standard InChI is InChI=1S/C11H19ClN2O2/c12-4-2-6-13-5-1-3-9-7-14(11(15)16)8-10(9)13/h9-10H,1-8H2,(H,15,16). The van der Waals surface area contributed by atoms with E-state index in [9.17, 15) is 4.79 Å². The van der Waals surface area contributed by atoms with E-state index < -0.39 is 6.09 Å². The summed E-state index contributed by atoms with van der Waals surface area (Å²) in [4.78, 5) is 14.9. The third kappa shape index (κ3) is 2.43. The van der Waals surface area contributed by atoms with Gasteiger partial charge in [0.25, 0.3) is 0 Å². The van der Waals surface area contributed by atoms with E-state index in [1.165, 1.54) is 12.8 Å². The van der Waals surface area contributed by atoms with Crippen molar-refractivity contribution in [3.05, 3.63) is 0 Å². The molecule has 2 atom stereocenters. The van der Waals surface area contributed by atoms with Gasteiger partial charge in [0.05, 0.1) is 0 Å². The largest absolute Gasteiger partial charge is 0.465 e. The molecule has 2 unspecified atom stereocenters. The summed E-state index contributed by atoms with van der Waals surface area (Å²) in [5, 5.41) is 9.01. The van der Waals surface area contributed by atoms with Crippen LogP contribution in [-0.4, -0.2) is 59.1 Å². The van der Waals surface area contributed by atoms with E-state index in [0.717, 1.165) is 26.1 Å². The topological polar surface area (TPSA) is 43.8 Å². The summed E-state index contributed by atoms with van der Waals surface area (Å²) in [7, 11) is 0. The number of hydrogen-bond donors (Lipinski definition) is 1. The SMILES string of the molecule is O=C(O)N1CC2CCCN(CCCCl)C2C1. The molecule has 0 aliphatic carbocycles. The maximum Gasteiger partial charge on any atom is 0.407 e. The van der Waals surface area contributed by atoms with Gasteiger partial charge in [-0.15, -0.1) is 11.6 Å². The van der Waals surface area contributed by atoms with E-state index in [-0.39, 0.29) is 0 Å². The van der Waals surface area contributed by atoms with Gasteiger partial charge in [0.1, 0.15) is 0 Å². The average molecular weight is 247 g/mol. The molecule has 0 aromatic rings. The molecule has 92 valence electrons. The molecular weight excluding hydrogens is 228 g/mol. The Labute approximate surface area is 101 Å². The van der Waals surface area contributed by atoms with E-state index >= 15 is 0 Å². The number of amides is 1. The van der Waals surface area contributed by atoms with Crippen molar-refractivity contribution in [1.29, 1.82) is 0 Å². The third-order valence-corrected chi connectivity index (χ3v) is 4.01. The van der Waals surface area contributed by atoms with E-state index in [4.69, 9.17) is 16.7 Å². The van der Waals surface area contributed by atoms with Gasteiger partial charge in [-0.2, -0.15) is 0 Å². The fraction of sp³-hybridized carbons (Fsp3) is 0.909. The zero-order valence-electron chi connectivity index (χ0n) is 9.44. The van der Waals surface area contributed by atoms with Crippen molar-refractivity contribution in [3.63, 3.8) is 0 Å². The minimum absolute atomic E-state index is 0.438. The van der Waals surface area contributed by atoms with Gasteiger partial charge in [-0.25, -0.2) is 4.79 Å². The van der Waals surface area contributed by atoms with Crippen molar-refractivity contribution in [2.45, 2.75) is 25.3 Å². The molecule has 2 fully saturated rings. The molecular formula is C11H19ClN2O2. The number of carbonyl (C=O) groups is 1. The van der Waals surface area contributed by atoms with Crippen LogP contribution >= 0.6 is 11.6 Å². The first kappa shape index (κ1) is 12.0. The summed E-state index contributed by atoms with van der Waals surface area (Å²) in [5.74, 6) is 1.23. The Bertz CT molecular complexity index is 262. The highest BCUT2D eigenvalue weighted by molar-refractivity contribution is 6.17. The van der Waals surface area contributed by atoms with Crippen LogP contribution in [0.2, 0.25) is 0 Å². The molecule has 2 aliphatic heterocycles. The molecule has 2 saturated heterocycles. The second-order valence-electron chi connectivity index (χ2n) is 4.74. The van der Waals surface area contributed by atoms with Crippen molar-refractivity contribution in [2.75, 3.05) is 32.1 Å². The number of rotatable bonds is 3. The number of nitrogens with zero attached hydrogens (tertiary/aromatic N) is 2. The molecule has 2 heterocycles. The quantitative estimate of drug-likeness (QED) is 0.771. The van der Waals surface area contributed by atoms with Crippen LogP contribution in [0.5, 0.6) is 0 Å². The third-order valence-electron chi connectivity index (χ3n) is 3.75. The maximum atomic E-state index is 11.0. The smallest absolute Gasteiger partial charge is 0.407 e. The second kappa shape index (κ2) is 5.23. The fourth-order valence-electron chi connectivity index (χ4n) is 2.97. The first-order valence-corrected chi connectivity index (χ1v) is 6.53. The van der Waals surface area contributed by atoms with E-state index in [1.807, 2.05) is 0 Å². The lowest BCUT2D eigenvalue weighted by molar-refractivity contribution is 0.122. The molecule has 0 aromatic carbocycles. The monoisotopic (exact) mass is 246 g/mol. The van der Waals surface area contributed by atoms with Gasteiger partial charge in [-0.3, -0.25) is 4.90 Å². The molecule has 0 radical (unpaired) electrons. The number of hydrogen-bond acceptors (Lipinski definition) is 2. The minimum atomic E-state index is -0.772. The van der Waals surface area contributed by atoms with Gasteiger partial charge in [0, 0.05) is 25.0 Å². The van der Waals surface area contributed by atoms with E-state index in [0.29, 0.717) is 24.4 Å². The molecule has 5 heteroatoms. The normalized spacial score (nSPS) is 30.4. The first-order chi connectivity index (χ1) is 7.72. The molecule has 0 saturated carbocycles. The molecule has 0 aromatic heterocycles. The van der Waals surface area contributed by atoms with Crippen LogP contribution in [0.15, 0.2) is 0 Å². The Morgan fingerprint density at radius 3 is 2.94 bits per heavy atom. The molecule has 16 heavy (non-hydrogen) atoms. The van der Waals surface area contributed by atoms with Crippen molar-refractivity contribution < 1.29 is 9.90 Å². The lowest BCUT2D eigenvalue weighted by atomic mass is 9.92. The molecule has 0 spiro atoms. The second-order valence-corrected chi connectivity index (χ2v) is 5.11. The molecule has 0 bridgehead atoms. The molecule has 2 aliphatic rings. The average Bonchev–Trinajstić information content (AvgIpc) is 2.70. The summed E-state index contributed by atoms with van der Waals surface area (Å²) >= 11 is 5.71. The zero-order valence-corrected chi connectivity index (χ0v) is 10.2. The van der Waals surface area contributed by atoms with Gasteiger partial charge in [0.15, 0.2) is 0 Å². The van der Waals surface area contributed by atoms with Crippen molar-refractivity contribution in [1.82, 2.24) is 9.80 Å². The van der Waals surface area contributed by atoms with Gasteiger partial charge >= 0.3 is 6.09 Å². The summed E-state index contributed by atoms with van der Waals surface area (Å²) in [6, 6.07) is 0.438. The summed E-state index contributed by atoms with van der Waals surface area (Å²) in [6.45, 7) is 3.52. The lowest BCUT2D eigenvalue weighted by Crippen LogP contribution is -2.45. The highest BCUT2D eigenvalue weighted by Crippen LogP contribution is 2.30. The Morgan fingerprint density at radius 2 is 2.25 bits per heavy atom. The minimum Gasteiger partial charge on any atom is -0.465 e. The fourth-order valence-corrected chi connectivity index (χ4v) is 3.09. The Kier molecular flexibility index (Phi) is 3.92. The van der Waals surface area contributed by atoms with Crippen LogP contribution in [-0.2, 0) is 0 Å². The Hall–Kier alpha value is -0.480. The van der Waals surface area contributed by atoms with Crippen molar-refractivity contribution in [3.8, 4) is 0 Å². The maximum absolute atomic E-state index is 11.0. The number of likely N-dealkylation sites (tertiary alicyclic amines) is 2. The van der Waals surface area contributed by atoms with E-state index in [1.54, 1.807) is 4.90 Å². The molecule has 2 rings (SSSR count). The van der Waals surface area contributed by atoms with Gasteiger partial charge in [-0.05, 0) is 38.3 Å². The van der Waals surface area contributed by atoms with Gasteiger partial charge in [-0.1, -0.05) is 0 Å².